The lowest BCUT2D eigenvalue weighted by atomic mass is 10.1. The van der Waals surface area contributed by atoms with Gasteiger partial charge in [0.25, 0.3) is 0 Å². The van der Waals surface area contributed by atoms with Gasteiger partial charge in [0, 0.05) is 31.0 Å². The zero-order chi connectivity index (χ0) is 18.4. The van der Waals surface area contributed by atoms with Gasteiger partial charge in [-0.2, -0.15) is 0 Å². The molecule has 3 rings (SSSR count). The number of halogens is 2. The van der Waals surface area contributed by atoms with E-state index >= 15 is 0 Å². The molecule has 2 heterocycles. The van der Waals surface area contributed by atoms with Crippen molar-refractivity contribution in [3.05, 3.63) is 24.3 Å². The fourth-order valence-electron chi connectivity index (χ4n) is 3.05. The SMILES string of the molecule is C[C@H]1OCCN[C@@H]1C(=O)Nc1ccc(NC(=O)CN2CCOCC2)cc1.Cl.Cl. The van der Waals surface area contributed by atoms with Crippen LogP contribution >= 0.6 is 24.8 Å². The third-order valence-corrected chi connectivity index (χ3v) is 4.51. The van der Waals surface area contributed by atoms with Crippen LogP contribution in [-0.4, -0.2) is 74.9 Å². The van der Waals surface area contributed by atoms with Crippen LogP contribution < -0.4 is 16.0 Å². The zero-order valence-corrected chi connectivity index (χ0v) is 17.4. The van der Waals surface area contributed by atoms with Crippen LogP contribution in [0.3, 0.4) is 0 Å². The highest BCUT2D eigenvalue weighted by molar-refractivity contribution is 5.96. The van der Waals surface area contributed by atoms with Gasteiger partial charge in [-0.3, -0.25) is 14.5 Å². The lowest BCUT2D eigenvalue weighted by molar-refractivity contribution is -0.123. The smallest absolute Gasteiger partial charge is 0.244 e. The Balaban J connectivity index is 0.00000196. The van der Waals surface area contributed by atoms with Gasteiger partial charge in [0.1, 0.15) is 6.04 Å². The van der Waals surface area contributed by atoms with Crippen LogP contribution in [0.4, 0.5) is 11.4 Å². The Kier molecular flexibility index (Phi) is 10.7. The Hall–Kier alpha value is -1.42. The fraction of sp³-hybridized carbons (Fsp3) is 0.556. The van der Waals surface area contributed by atoms with Crippen LogP contribution in [0.5, 0.6) is 0 Å². The van der Waals surface area contributed by atoms with E-state index in [0.29, 0.717) is 44.3 Å². The topological polar surface area (TPSA) is 91.9 Å². The number of ether oxygens (including phenoxy) is 2. The molecule has 3 N–H and O–H groups in total. The molecule has 2 atom stereocenters. The second-order valence-electron chi connectivity index (χ2n) is 6.51. The second kappa shape index (κ2) is 12.2. The molecule has 0 saturated carbocycles. The summed E-state index contributed by atoms with van der Waals surface area (Å²) in [5.74, 6) is -0.178. The minimum atomic E-state index is -0.364. The maximum atomic E-state index is 12.3. The molecule has 0 bridgehead atoms. The van der Waals surface area contributed by atoms with Crippen molar-refractivity contribution < 1.29 is 19.1 Å². The van der Waals surface area contributed by atoms with Gasteiger partial charge in [0.2, 0.25) is 11.8 Å². The number of amides is 2. The number of nitrogens with zero attached hydrogens (tertiary/aromatic N) is 1. The first kappa shape index (κ1) is 24.6. The van der Waals surface area contributed by atoms with E-state index in [1.165, 1.54) is 0 Å². The van der Waals surface area contributed by atoms with Crippen molar-refractivity contribution in [1.29, 1.82) is 0 Å². The van der Waals surface area contributed by atoms with Gasteiger partial charge < -0.3 is 25.4 Å². The van der Waals surface area contributed by atoms with Gasteiger partial charge in [0.05, 0.1) is 32.5 Å². The largest absolute Gasteiger partial charge is 0.379 e. The van der Waals surface area contributed by atoms with E-state index in [9.17, 15) is 9.59 Å². The van der Waals surface area contributed by atoms with Gasteiger partial charge in [-0.25, -0.2) is 0 Å². The number of nitrogens with one attached hydrogen (secondary N) is 3. The van der Waals surface area contributed by atoms with Gasteiger partial charge in [0.15, 0.2) is 0 Å². The molecule has 8 nitrogen and oxygen atoms in total. The molecule has 2 aliphatic rings. The molecule has 28 heavy (non-hydrogen) atoms. The third kappa shape index (κ3) is 7.20. The number of anilines is 2. The number of benzene rings is 1. The molecule has 2 amide bonds. The monoisotopic (exact) mass is 434 g/mol. The van der Waals surface area contributed by atoms with Crippen LogP contribution in [0.1, 0.15) is 6.92 Å². The van der Waals surface area contributed by atoms with Gasteiger partial charge in [-0.15, -0.1) is 24.8 Å². The van der Waals surface area contributed by atoms with E-state index in [1.54, 1.807) is 24.3 Å². The molecule has 0 unspecified atom stereocenters. The molecule has 158 valence electrons. The van der Waals surface area contributed by atoms with Gasteiger partial charge >= 0.3 is 0 Å². The highest BCUT2D eigenvalue weighted by atomic mass is 35.5. The van der Waals surface area contributed by atoms with E-state index in [0.717, 1.165) is 13.1 Å². The zero-order valence-electron chi connectivity index (χ0n) is 15.8. The second-order valence-corrected chi connectivity index (χ2v) is 6.51. The molecule has 0 spiro atoms. The maximum Gasteiger partial charge on any atom is 0.244 e. The third-order valence-electron chi connectivity index (χ3n) is 4.51. The molecule has 0 aliphatic carbocycles. The van der Waals surface area contributed by atoms with E-state index in [4.69, 9.17) is 9.47 Å². The van der Waals surface area contributed by atoms with Crippen LogP contribution in [-0.2, 0) is 19.1 Å². The molecular formula is C18H28Cl2N4O4. The van der Waals surface area contributed by atoms with Crippen molar-refractivity contribution >= 4 is 48.0 Å². The fourth-order valence-corrected chi connectivity index (χ4v) is 3.05. The normalized spacial score (nSPS) is 22.3. The van der Waals surface area contributed by atoms with E-state index in [1.807, 2.05) is 6.92 Å². The maximum absolute atomic E-state index is 12.3. The Bertz CT molecular complexity index is 627. The lowest BCUT2D eigenvalue weighted by Crippen LogP contribution is -2.53. The average molecular weight is 435 g/mol. The number of hydrogen-bond donors (Lipinski definition) is 3. The molecule has 2 saturated heterocycles. The Morgan fingerprint density at radius 1 is 1.07 bits per heavy atom. The van der Waals surface area contributed by atoms with Crippen molar-refractivity contribution in [2.45, 2.75) is 19.1 Å². The van der Waals surface area contributed by atoms with Crippen LogP contribution in [0.25, 0.3) is 0 Å². The Morgan fingerprint density at radius 3 is 2.29 bits per heavy atom. The molecular weight excluding hydrogens is 407 g/mol. The van der Waals surface area contributed by atoms with Crippen LogP contribution in [0, 0.1) is 0 Å². The van der Waals surface area contributed by atoms with Crippen molar-refractivity contribution in [2.24, 2.45) is 0 Å². The molecule has 0 radical (unpaired) electrons. The summed E-state index contributed by atoms with van der Waals surface area (Å²) < 4.78 is 10.8. The molecule has 2 fully saturated rings. The first-order valence-corrected chi connectivity index (χ1v) is 8.98. The number of carbonyl (C=O) groups excluding carboxylic acids is 2. The summed E-state index contributed by atoms with van der Waals surface area (Å²) >= 11 is 0. The van der Waals surface area contributed by atoms with Crippen LogP contribution in [0.15, 0.2) is 24.3 Å². The summed E-state index contributed by atoms with van der Waals surface area (Å²) in [5, 5.41) is 8.90. The minimum Gasteiger partial charge on any atom is -0.379 e. The standard InChI is InChI=1S/C18H26N4O4.2ClH/c1-13-17(19-6-9-26-13)18(24)21-15-4-2-14(3-5-15)20-16(23)12-22-7-10-25-11-8-22;;/h2-5,13,17,19H,6-12H2,1H3,(H,20,23)(H,21,24);2*1H/t13-,17+;;/m1../s1. The van der Waals surface area contributed by atoms with E-state index < -0.39 is 0 Å². The van der Waals surface area contributed by atoms with E-state index in [2.05, 4.69) is 20.9 Å². The van der Waals surface area contributed by atoms with Crippen molar-refractivity contribution in [3.63, 3.8) is 0 Å². The van der Waals surface area contributed by atoms with Crippen molar-refractivity contribution in [1.82, 2.24) is 10.2 Å². The number of morpholine rings is 2. The predicted molar refractivity (Wildman–Crippen MR) is 113 cm³/mol. The lowest BCUT2D eigenvalue weighted by Gasteiger charge is -2.29. The molecule has 1 aromatic carbocycles. The highest BCUT2D eigenvalue weighted by Crippen LogP contribution is 2.15. The summed E-state index contributed by atoms with van der Waals surface area (Å²) in [5.41, 5.74) is 1.38. The molecule has 2 aliphatic heterocycles. The number of rotatable bonds is 5. The van der Waals surface area contributed by atoms with Crippen molar-refractivity contribution in [2.75, 3.05) is 56.6 Å². The average Bonchev–Trinajstić information content (AvgIpc) is 2.64. The summed E-state index contributed by atoms with van der Waals surface area (Å²) in [6.07, 6.45) is -0.164. The highest BCUT2D eigenvalue weighted by Gasteiger charge is 2.28. The quantitative estimate of drug-likeness (QED) is 0.642. The summed E-state index contributed by atoms with van der Waals surface area (Å²) in [4.78, 5) is 26.5. The first-order chi connectivity index (χ1) is 12.6. The molecule has 10 heteroatoms. The van der Waals surface area contributed by atoms with Crippen LogP contribution in [0.2, 0.25) is 0 Å². The van der Waals surface area contributed by atoms with Crippen molar-refractivity contribution in [3.8, 4) is 0 Å². The molecule has 1 aromatic rings. The first-order valence-electron chi connectivity index (χ1n) is 8.98. The Morgan fingerprint density at radius 2 is 1.68 bits per heavy atom. The van der Waals surface area contributed by atoms with Gasteiger partial charge in [-0.05, 0) is 31.2 Å². The summed E-state index contributed by atoms with van der Waals surface area (Å²) in [6.45, 7) is 6.39. The van der Waals surface area contributed by atoms with Gasteiger partial charge in [-0.1, -0.05) is 0 Å². The Labute approximate surface area is 177 Å². The van der Waals surface area contributed by atoms with E-state index in [-0.39, 0.29) is 48.8 Å². The molecule has 0 aromatic heterocycles. The number of carbonyl (C=O) groups is 2. The summed E-state index contributed by atoms with van der Waals surface area (Å²) in [6, 6.07) is 6.74. The predicted octanol–water partition coefficient (Wildman–Crippen LogP) is 1.12. The minimum absolute atomic E-state index is 0. The summed E-state index contributed by atoms with van der Waals surface area (Å²) in [7, 11) is 0. The number of hydrogen-bond acceptors (Lipinski definition) is 6.